The summed E-state index contributed by atoms with van der Waals surface area (Å²) in [5, 5.41) is 8.10. The number of hydrogen-bond acceptors (Lipinski definition) is 7. The van der Waals surface area contributed by atoms with Gasteiger partial charge >= 0.3 is 0 Å². The average Bonchev–Trinajstić information content (AvgIpc) is 3.40. The van der Waals surface area contributed by atoms with E-state index in [-0.39, 0.29) is 42.8 Å². The Bertz CT molecular complexity index is 1040. The van der Waals surface area contributed by atoms with Gasteiger partial charge in [-0.05, 0) is 37.8 Å². The minimum absolute atomic E-state index is 0.00926. The Labute approximate surface area is 189 Å². The van der Waals surface area contributed by atoms with Crippen molar-refractivity contribution in [1.29, 1.82) is 0 Å². The van der Waals surface area contributed by atoms with Gasteiger partial charge in [0.25, 0.3) is 0 Å². The number of hydrogen-bond donors (Lipinski definition) is 2. The molecule has 5 rings (SSSR count). The van der Waals surface area contributed by atoms with Gasteiger partial charge in [-0.3, -0.25) is 14.4 Å². The van der Waals surface area contributed by atoms with Crippen LogP contribution in [0.15, 0.2) is 23.6 Å². The number of ether oxygens (including phenoxy) is 2. The maximum absolute atomic E-state index is 12.7. The van der Waals surface area contributed by atoms with Gasteiger partial charge in [0, 0.05) is 42.1 Å². The Morgan fingerprint density at radius 3 is 2.50 bits per heavy atom. The van der Waals surface area contributed by atoms with Crippen LogP contribution in [0.4, 0.5) is 10.8 Å². The standard InChI is InChI=1S/C22H24N4O5S/c27-19(10-16-11-32-22(24-16)25-21(29)13-1-2-13)26-7-5-14(6-8-26)20(28)23-15-3-4-17-18(9-15)31-12-30-17/h3-4,9,11,13-14H,1-2,5-8,10,12H2,(H,23,28)(H,24,25,29). The Hall–Kier alpha value is -3.14. The first-order valence-corrected chi connectivity index (χ1v) is 11.7. The second-order valence-corrected chi connectivity index (χ2v) is 9.15. The van der Waals surface area contributed by atoms with Gasteiger partial charge in [-0.1, -0.05) is 0 Å². The van der Waals surface area contributed by atoms with Crippen LogP contribution in [0.5, 0.6) is 11.5 Å². The summed E-state index contributed by atoms with van der Waals surface area (Å²) in [5.74, 6) is 1.23. The highest BCUT2D eigenvalue weighted by Gasteiger charge is 2.31. The predicted molar refractivity (Wildman–Crippen MR) is 118 cm³/mol. The van der Waals surface area contributed by atoms with Crippen molar-refractivity contribution in [3.05, 3.63) is 29.3 Å². The van der Waals surface area contributed by atoms with Crippen LogP contribution in [-0.4, -0.2) is 47.5 Å². The van der Waals surface area contributed by atoms with E-state index in [1.54, 1.807) is 23.1 Å². The summed E-state index contributed by atoms with van der Waals surface area (Å²) in [4.78, 5) is 43.3. The number of aromatic nitrogens is 1. The Balaban J connectivity index is 1.08. The third kappa shape index (κ3) is 4.69. The molecule has 2 N–H and O–H groups in total. The van der Waals surface area contributed by atoms with Crippen molar-refractivity contribution in [2.45, 2.75) is 32.1 Å². The molecule has 1 aliphatic carbocycles. The molecule has 2 aliphatic heterocycles. The van der Waals surface area contributed by atoms with Gasteiger partial charge < -0.3 is 25.0 Å². The second-order valence-electron chi connectivity index (χ2n) is 8.30. The van der Waals surface area contributed by atoms with Crippen molar-refractivity contribution >= 4 is 39.9 Å². The van der Waals surface area contributed by atoms with Gasteiger partial charge in [0.15, 0.2) is 16.6 Å². The molecule has 0 atom stereocenters. The number of carbonyl (C=O) groups is 3. The summed E-state index contributed by atoms with van der Waals surface area (Å²) < 4.78 is 10.6. The largest absolute Gasteiger partial charge is 0.454 e. The molecule has 3 amide bonds. The number of piperidine rings is 1. The molecule has 0 unspecified atom stereocenters. The minimum atomic E-state index is -0.145. The fourth-order valence-corrected chi connectivity index (χ4v) is 4.59. The molecule has 1 saturated carbocycles. The fraction of sp³-hybridized carbons (Fsp3) is 0.455. The number of carbonyl (C=O) groups excluding carboxylic acids is 3. The van der Waals surface area contributed by atoms with E-state index in [9.17, 15) is 14.4 Å². The van der Waals surface area contributed by atoms with Crippen LogP contribution < -0.4 is 20.1 Å². The van der Waals surface area contributed by atoms with E-state index in [0.717, 1.165) is 12.8 Å². The van der Waals surface area contributed by atoms with E-state index in [2.05, 4.69) is 15.6 Å². The summed E-state index contributed by atoms with van der Waals surface area (Å²) >= 11 is 1.34. The van der Waals surface area contributed by atoms with Crippen LogP contribution in [0.1, 0.15) is 31.4 Å². The summed E-state index contributed by atoms with van der Waals surface area (Å²) in [5.41, 5.74) is 1.33. The first-order valence-electron chi connectivity index (χ1n) is 10.8. The predicted octanol–water partition coefficient (Wildman–Crippen LogP) is 2.64. The van der Waals surface area contributed by atoms with E-state index in [1.807, 2.05) is 5.38 Å². The third-order valence-corrected chi connectivity index (χ3v) is 6.73. The topological polar surface area (TPSA) is 110 Å². The van der Waals surface area contributed by atoms with Gasteiger partial charge in [-0.2, -0.15) is 0 Å². The van der Waals surface area contributed by atoms with E-state index in [0.29, 0.717) is 53.9 Å². The number of anilines is 2. The first-order chi connectivity index (χ1) is 15.5. The molecule has 0 bridgehead atoms. The summed E-state index contributed by atoms with van der Waals surface area (Å²) in [7, 11) is 0. The normalized spacial score (nSPS) is 17.8. The van der Waals surface area contributed by atoms with Gasteiger partial charge in [0.2, 0.25) is 24.5 Å². The molecular formula is C22H24N4O5S. The number of amides is 3. The molecule has 9 nitrogen and oxygen atoms in total. The van der Waals surface area contributed by atoms with Crippen LogP contribution in [0, 0.1) is 11.8 Å². The van der Waals surface area contributed by atoms with Gasteiger partial charge in [-0.25, -0.2) is 4.98 Å². The highest BCUT2D eigenvalue weighted by molar-refractivity contribution is 7.13. The van der Waals surface area contributed by atoms with Crippen molar-refractivity contribution in [3.8, 4) is 11.5 Å². The summed E-state index contributed by atoms with van der Waals surface area (Å²) in [6.45, 7) is 1.26. The molecule has 3 heterocycles. The van der Waals surface area contributed by atoms with Crippen LogP contribution in [0.25, 0.3) is 0 Å². The van der Waals surface area contributed by atoms with Gasteiger partial charge in [-0.15, -0.1) is 11.3 Å². The fourth-order valence-electron chi connectivity index (χ4n) is 3.87. The summed E-state index contributed by atoms with van der Waals surface area (Å²) in [6.07, 6.45) is 3.30. The average molecular weight is 457 g/mol. The van der Waals surface area contributed by atoms with Gasteiger partial charge in [0.05, 0.1) is 12.1 Å². The van der Waals surface area contributed by atoms with Crippen molar-refractivity contribution in [2.24, 2.45) is 11.8 Å². The molecule has 1 aromatic carbocycles. The SMILES string of the molecule is O=C(Nc1ccc2c(c1)OCO2)C1CCN(C(=O)Cc2csc(NC(=O)C3CC3)n2)CC1. The van der Waals surface area contributed by atoms with Crippen LogP contribution in [0.2, 0.25) is 0 Å². The van der Waals surface area contributed by atoms with Crippen molar-refractivity contribution < 1.29 is 23.9 Å². The highest BCUT2D eigenvalue weighted by atomic mass is 32.1. The molecule has 2 fully saturated rings. The molecule has 1 aromatic heterocycles. The van der Waals surface area contributed by atoms with E-state index >= 15 is 0 Å². The zero-order valence-corrected chi connectivity index (χ0v) is 18.3. The maximum Gasteiger partial charge on any atom is 0.231 e. The third-order valence-electron chi connectivity index (χ3n) is 5.92. The lowest BCUT2D eigenvalue weighted by Gasteiger charge is -2.31. The number of nitrogens with zero attached hydrogens (tertiary/aromatic N) is 2. The Morgan fingerprint density at radius 2 is 1.72 bits per heavy atom. The lowest BCUT2D eigenvalue weighted by molar-refractivity contribution is -0.133. The van der Waals surface area contributed by atoms with Crippen LogP contribution in [0.3, 0.4) is 0 Å². The molecule has 10 heteroatoms. The Kier molecular flexibility index (Phi) is 5.69. The number of thiazole rings is 1. The molecule has 3 aliphatic rings. The smallest absolute Gasteiger partial charge is 0.231 e. The lowest BCUT2D eigenvalue weighted by atomic mass is 9.95. The number of nitrogens with one attached hydrogen (secondary N) is 2. The Morgan fingerprint density at radius 1 is 1.00 bits per heavy atom. The van der Waals surface area contributed by atoms with Crippen LogP contribution >= 0.6 is 11.3 Å². The van der Waals surface area contributed by atoms with Crippen molar-refractivity contribution in [1.82, 2.24) is 9.88 Å². The molecule has 0 radical (unpaired) electrons. The summed E-state index contributed by atoms with van der Waals surface area (Å²) in [6, 6.07) is 5.33. The minimum Gasteiger partial charge on any atom is -0.454 e. The van der Waals surface area contributed by atoms with Crippen molar-refractivity contribution in [3.63, 3.8) is 0 Å². The number of benzene rings is 1. The highest BCUT2D eigenvalue weighted by Crippen LogP contribution is 2.34. The molecule has 32 heavy (non-hydrogen) atoms. The number of rotatable bonds is 6. The number of likely N-dealkylation sites (tertiary alicyclic amines) is 1. The van der Waals surface area contributed by atoms with E-state index < -0.39 is 0 Å². The van der Waals surface area contributed by atoms with Crippen molar-refractivity contribution in [2.75, 3.05) is 30.5 Å². The zero-order valence-electron chi connectivity index (χ0n) is 17.5. The van der Waals surface area contributed by atoms with E-state index in [1.165, 1.54) is 11.3 Å². The molecule has 0 spiro atoms. The quantitative estimate of drug-likeness (QED) is 0.692. The maximum atomic E-state index is 12.7. The molecular weight excluding hydrogens is 432 g/mol. The van der Waals surface area contributed by atoms with Crippen LogP contribution in [-0.2, 0) is 20.8 Å². The van der Waals surface area contributed by atoms with E-state index in [4.69, 9.17) is 9.47 Å². The van der Waals surface area contributed by atoms with Gasteiger partial charge in [0.1, 0.15) is 0 Å². The zero-order chi connectivity index (χ0) is 22.1. The molecule has 2 aromatic rings. The second kappa shape index (κ2) is 8.78. The lowest BCUT2D eigenvalue weighted by Crippen LogP contribution is -2.42. The monoisotopic (exact) mass is 456 g/mol. The molecule has 1 saturated heterocycles. The number of fused-ring (bicyclic) bond motifs is 1. The first kappa shape index (κ1) is 20.7. The molecule has 168 valence electrons.